The van der Waals surface area contributed by atoms with Crippen LogP contribution in [0, 0.1) is 10.1 Å². The Morgan fingerprint density at radius 2 is 2.04 bits per heavy atom. The molecule has 0 spiro atoms. The average Bonchev–Trinajstić information content (AvgIpc) is 3.24. The first kappa shape index (κ1) is 17.3. The predicted molar refractivity (Wildman–Crippen MR) is 95.2 cm³/mol. The van der Waals surface area contributed by atoms with Gasteiger partial charge in [0.05, 0.1) is 11.8 Å². The lowest BCUT2D eigenvalue weighted by molar-refractivity contribution is -0.402. The molecule has 0 atom stereocenters. The smallest absolute Gasteiger partial charge is 0.395 e. The predicted octanol–water partition coefficient (Wildman–Crippen LogP) is 3.52. The maximum atomic E-state index is 12.1. The van der Waals surface area contributed by atoms with Crippen LogP contribution in [0.3, 0.4) is 0 Å². The monoisotopic (exact) mass is 372 g/mol. The highest BCUT2D eigenvalue weighted by Gasteiger charge is 2.18. The molecular formula is C16H12N4O5S. The number of hydrogen-bond donors (Lipinski definition) is 2. The van der Waals surface area contributed by atoms with Crippen LogP contribution in [-0.2, 0) is 4.79 Å². The lowest BCUT2D eigenvalue weighted by Gasteiger charge is -2.03. The Hall–Kier alpha value is -3.53. The minimum Gasteiger partial charge on any atom is -0.395 e. The minimum atomic E-state index is -0.722. The van der Waals surface area contributed by atoms with Gasteiger partial charge in [-0.25, -0.2) is 4.98 Å². The Morgan fingerprint density at radius 1 is 1.23 bits per heavy atom. The zero-order valence-corrected chi connectivity index (χ0v) is 14.2. The van der Waals surface area contributed by atoms with Crippen LogP contribution >= 0.6 is 11.3 Å². The molecule has 2 amide bonds. The van der Waals surface area contributed by atoms with Crippen molar-refractivity contribution in [3.05, 3.63) is 57.7 Å². The maximum absolute atomic E-state index is 12.1. The van der Waals surface area contributed by atoms with Crippen molar-refractivity contribution in [3.8, 4) is 11.3 Å². The first-order chi connectivity index (χ1) is 12.4. The number of benzene rings is 1. The average molecular weight is 372 g/mol. The first-order valence-electron chi connectivity index (χ1n) is 7.31. The van der Waals surface area contributed by atoms with Crippen molar-refractivity contribution < 1.29 is 18.9 Å². The van der Waals surface area contributed by atoms with E-state index in [9.17, 15) is 19.7 Å². The van der Waals surface area contributed by atoms with Crippen molar-refractivity contribution in [1.82, 2.24) is 4.98 Å². The third-order valence-electron chi connectivity index (χ3n) is 3.20. The van der Waals surface area contributed by atoms with Gasteiger partial charge in [-0.15, -0.1) is 11.3 Å². The summed E-state index contributed by atoms with van der Waals surface area (Å²) in [6.07, 6.45) is 0. The van der Waals surface area contributed by atoms with Gasteiger partial charge in [-0.2, -0.15) is 0 Å². The summed E-state index contributed by atoms with van der Waals surface area (Å²) in [6, 6.07) is 9.44. The van der Waals surface area contributed by atoms with Gasteiger partial charge in [0.15, 0.2) is 10.9 Å². The Kier molecular flexibility index (Phi) is 4.76. The summed E-state index contributed by atoms with van der Waals surface area (Å²) >= 11 is 1.19. The van der Waals surface area contributed by atoms with Crippen LogP contribution < -0.4 is 10.6 Å². The van der Waals surface area contributed by atoms with Crippen molar-refractivity contribution >= 4 is 39.9 Å². The fourth-order valence-electron chi connectivity index (χ4n) is 2.13. The molecule has 1 aromatic carbocycles. The van der Waals surface area contributed by atoms with Gasteiger partial charge in [0.2, 0.25) is 5.91 Å². The fraction of sp³-hybridized carbons (Fsp3) is 0.0625. The van der Waals surface area contributed by atoms with Crippen LogP contribution in [0.25, 0.3) is 11.3 Å². The molecule has 2 N–H and O–H groups in total. The molecule has 0 aliphatic carbocycles. The highest BCUT2D eigenvalue weighted by Crippen LogP contribution is 2.27. The summed E-state index contributed by atoms with van der Waals surface area (Å²) in [5, 5.41) is 17.9. The molecule has 132 valence electrons. The molecule has 3 aromatic rings. The van der Waals surface area contributed by atoms with Gasteiger partial charge >= 0.3 is 5.88 Å². The van der Waals surface area contributed by atoms with E-state index in [0.717, 1.165) is 11.6 Å². The summed E-state index contributed by atoms with van der Waals surface area (Å²) < 4.78 is 4.85. The van der Waals surface area contributed by atoms with Crippen LogP contribution in [0.5, 0.6) is 0 Å². The van der Waals surface area contributed by atoms with Crippen LogP contribution in [0.4, 0.5) is 16.7 Å². The molecule has 2 aromatic heterocycles. The second kappa shape index (κ2) is 7.15. The number of nitrogens with zero attached hydrogens (tertiary/aromatic N) is 2. The summed E-state index contributed by atoms with van der Waals surface area (Å²) in [7, 11) is 0. The van der Waals surface area contributed by atoms with Crippen LogP contribution in [-0.4, -0.2) is 21.7 Å². The molecule has 0 saturated heterocycles. The van der Waals surface area contributed by atoms with E-state index in [1.165, 1.54) is 24.3 Å². The number of rotatable bonds is 5. The van der Waals surface area contributed by atoms with Crippen LogP contribution in [0.15, 0.2) is 46.2 Å². The highest BCUT2D eigenvalue weighted by atomic mass is 32.1. The van der Waals surface area contributed by atoms with Gasteiger partial charge in [0, 0.05) is 23.6 Å². The molecule has 0 aliphatic rings. The second-order valence-corrected chi connectivity index (χ2v) is 6.01. The van der Waals surface area contributed by atoms with Crippen LogP contribution in [0.2, 0.25) is 0 Å². The van der Waals surface area contributed by atoms with E-state index in [0.29, 0.717) is 16.5 Å². The van der Waals surface area contributed by atoms with Gasteiger partial charge in [-0.3, -0.25) is 25.0 Å². The second-order valence-electron chi connectivity index (χ2n) is 5.15. The van der Waals surface area contributed by atoms with Gasteiger partial charge in [0.25, 0.3) is 5.91 Å². The fourth-order valence-corrected chi connectivity index (χ4v) is 2.84. The molecule has 26 heavy (non-hydrogen) atoms. The lowest BCUT2D eigenvalue weighted by Crippen LogP contribution is -2.10. The zero-order chi connectivity index (χ0) is 18.7. The molecule has 10 heteroatoms. The van der Waals surface area contributed by atoms with Crippen LogP contribution in [0.1, 0.15) is 17.5 Å². The Morgan fingerprint density at radius 3 is 2.73 bits per heavy atom. The van der Waals surface area contributed by atoms with Gasteiger partial charge in [0.1, 0.15) is 4.92 Å². The summed E-state index contributed by atoms with van der Waals surface area (Å²) in [5.41, 5.74) is 2.01. The van der Waals surface area contributed by atoms with Crippen molar-refractivity contribution in [2.45, 2.75) is 6.92 Å². The van der Waals surface area contributed by atoms with E-state index in [1.807, 2.05) is 6.07 Å². The zero-order valence-electron chi connectivity index (χ0n) is 13.4. The Labute approximate surface area is 150 Å². The number of furan rings is 1. The SMILES string of the molecule is CC(=O)Nc1cccc(-c2csc(NC(=O)c3ccc([N+](=O)[O-])o3)n2)c1. The number of aromatic nitrogens is 1. The van der Waals surface area contributed by atoms with Gasteiger partial charge < -0.3 is 9.73 Å². The van der Waals surface area contributed by atoms with E-state index in [-0.39, 0.29) is 11.7 Å². The number of amides is 2. The summed E-state index contributed by atoms with van der Waals surface area (Å²) in [6.45, 7) is 1.42. The molecule has 9 nitrogen and oxygen atoms in total. The highest BCUT2D eigenvalue weighted by molar-refractivity contribution is 7.14. The standard InChI is InChI=1S/C16H12N4O5S/c1-9(21)17-11-4-2-3-10(7-11)12-8-26-16(18-12)19-15(22)13-5-6-14(25-13)20(23)24/h2-8H,1H3,(H,17,21)(H,18,19,22). The Bertz CT molecular complexity index is 994. The first-order valence-corrected chi connectivity index (χ1v) is 8.19. The topological polar surface area (TPSA) is 127 Å². The van der Waals surface area contributed by atoms with E-state index in [4.69, 9.17) is 4.42 Å². The molecule has 0 aliphatic heterocycles. The van der Waals surface area contributed by atoms with Crippen molar-refractivity contribution in [3.63, 3.8) is 0 Å². The van der Waals surface area contributed by atoms with Crippen molar-refractivity contribution in [1.29, 1.82) is 0 Å². The summed E-state index contributed by atoms with van der Waals surface area (Å²) in [5.74, 6) is -1.50. The number of nitro groups is 1. The molecule has 2 heterocycles. The lowest BCUT2D eigenvalue weighted by atomic mass is 10.1. The van der Waals surface area contributed by atoms with E-state index < -0.39 is 16.7 Å². The van der Waals surface area contributed by atoms with Crippen molar-refractivity contribution in [2.24, 2.45) is 0 Å². The van der Waals surface area contributed by atoms with E-state index in [1.54, 1.807) is 23.6 Å². The summed E-state index contributed by atoms with van der Waals surface area (Å²) in [4.78, 5) is 37.4. The third-order valence-corrected chi connectivity index (χ3v) is 3.96. The number of anilines is 2. The molecular weight excluding hydrogens is 360 g/mol. The normalized spacial score (nSPS) is 10.3. The molecule has 3 rings (SSSR count). The Balaban J connectivity index is 1.74. The molecule has 0 fully saturated rings. The number of hydrogen-bond acceptors (Lipinski definition) is 7. The largest absolute Gasteiger partial charge is 0.433 e. The molecule has 0 unspecified atom stereocenters. The third kappa shape index (κ3) is 3.92. The quantitative estimate of drug-likeness (QED) is 0.521. The molecule has 0 saturated carbocycles. The number of carbonyl (C=O) groups excluding carboxylic acids is 2. The molecule has 0 bridgehead atoms. The number of nitrogens with one attached hydrogen (secondary N) is 2. The van der Waals surface area contributed by atoms with Crippen molar-refractivity contribution in [2.75, 3.05) is 10.6 Å². The number of carbonyl (C=O) groups is 2. The molecule has 0 radical (unpaired) electrons. The number of thiazole rings is 1. The maximum Gasteiger partial charge on any atom is 0.433 e. The van der Waals surface area contributed by atoms with Gasteiger partial charge in [-0.1, -0.05) is 12.1 Å². The van der Waals surface area contributed by atoms with E-state index >= 15 is 0 Å². The minimum absolute atomic E-state index is 0.180. The van der Waals surface area contributed by atoms with Gasteiger partial charge in [-0.05, 0) is 18.2 Å². The van der Waals surface area contributed by atoms with E-state index in [2.05, 4.69) is 15.6 Å².